The van der Waals surface area contributed by atoms with E-state index in [0.29, 0.717) is 19.3 Å². The van der Waals surface area contributed by atoms with Crippen molar-refractivity contribution in [3.05, 3.63) is 0 Å². The van der Waals surface area contributed by atoms with Gasteiger partial charge < -0.3 is 14.2 Å². The first-order chi connectivity index (χ1) is 26.6. The van der Waals surface area contributed by atoms with Gasteiger partial charge in [-0.05, 0) is 37.0 Å². The molecule has 6 heteroatoms. The predicted molar refractivity (Wildman–Crippen MR) is 233 cm³/mol. The highest BCUT2D eigenvalue weighted by Gasteiger charge is 2.19. The summed E-state index contributed by atoms with van der Waals surface area (Å²) in [6, 6.07) is 0. The summed E-state index contributed by atoms with van der Waals surface area (Å²) in [5.41, 5.74) is 0. The van der Waals surface area contributed by atoms with E-state index in [2.05, 4.69) is 41.5 Å². The van der Waals surface area contributed by atoms with Crippen LogP contribution in [0.3, 0.4) is 0 Å². The maximum absolute atomic E-state index is 12.7. The van der Waals surface area contributed by atoms with Crippen LogP contribution in [-0.2, 0) is 28.6 Å². The zero-order valence-corrected chi connectivity index (χ0v) is 37.7. The molecule has 326 valence electrons. The smallest absolute Gasteiger partial charge is 0.306 e. The molecule has 0 fully saturated rings. The number of hydrogen-bond donors (Lipinski definition) is 0. The van der Waals surface area contributed by atoms with Gasteiger partial charge in [0, 0.05) is 19.3 Å². The highest BCUT2D eigenvalue weighted by Crippen LogP contribution is 2.17. The Labute approximate surface area is 342 Å². The third-order valence-electron chi connectivity index (χ3n) is 10.9. The Morgan fingerprint density at radius 2 is 0.527 bits per heavy atom. The minimum absolute atomic E-state index is 0.0663. The van der Waals surface area contributed by atoms with Gasteiger partial charge in [0.15, 0.2) is 6.10 Å². The molecule has 0 saturated heterocycles. The van der Waals surface area contributed by atoms with Crippen molar-refractivity contribution in [2.24, 2.45) is 17.8 Å². The van der Waals surface area contributed by atoms with Crippen LogP contribution in [0.4, 0.5) is 0 Å². The zero-order valence-electron chi connectivity index (χ0n) is 37.7. The number of hydrogen-bond acceptors (Lipinski definition) is 6. The molecule has 0 amide bonds. The summed E-state index contributed by atoms with van der Waals surface area (Å²) in [5, 5.41) is 0. The van der Waals surface area contributed by atoms with Gasteiger partial charge in [-0.25, -0.2) is 0 Å². The van der Waals surface area contributed by atoms with E-state index < -0.39 is 6.10 Å². The van der Waals surface area contributed by atoms with Crippen molar-refractivity contribution in [3.8, 4) is 0 Å². The SMILES string of the molecule is CC(C)CCCCCCCCCCCCCCCC(=O)O[C@@H](COC(=O)CCCCCCCCCCCC(C)C)COC(=O)CCCCCCCCC(C)C. The lowest BCUT2D eigenvalue weighted by Crippen LogP contribution is -2.30. The normalized spacial score (nSPS) is 12.2. The van der Waals surface area contributed by atoms with Crippen molar-refractivity contribution in [1.29, 1.82) is 0 Å². The van der Waals surface area contributed by atoms with Crippen molar-refractivity contribution in [2.75, 3.05) is 13.2 Å². The molecule has 0 bridgehead atoms. The molecular formula is C49H94O6. The van der Waals surface area contributed by atoms with Gasteiger partial charge >= 0.3 is 17.9 Å². The molecule has 0 radical (unpaired) electrons. The van der Waals surface area contributed by atoms with E-state index in [-0.39, 0.29) is 31.1 Å². The maximum atomic E-state index is 12.7. The lowest BCUT2D eigenvalue weighted by molar-refractivity contribution is -0.167. The van der Waals surface area contributed by atoms with Crippen LogP contribution in [0, 0.1) is 17.8 Å². The lowest BCUT2D eigenvalue weighted by atomic mass is 10.0. The fraction of sp³-hybridized carbons (Fsp3) is 0.939. The average Bonchev–Trinajstić information content (AvgIpc) is 3.13. The van der Waals surface area contributed by atoms with Crippen LogP contribution in [-0.4, -0.2) is 37.2 Å². The second-order valence-corrected chi connectivity index (χ2v) is 18.2. The Balaban J connectivity index is 4.30. The van der Waals surface area contributed by atoms with Crippen molar-refractivity contribution >= 4 is 17.9 Å². The molecule has 0 aliphatic rings. The van der Waals surface area contributed by atoms with Gasteiger partial charge in [-0.1, -0.05) is 221 Å². The van der Waals surface area contributed by atoms with Crippen molar-refractivity contribution in [3.63, 3.8) is 0 Å². The minimum atomic E-state index is -0.762. The number of unbranched alkanes of at least 4 members (excludes halogenated alkanes) is 25. The van der Waals surface area contributed by atoms with E-state index in [1.54, 1.807) is 0 Å². The molecule has 0 unspecified atom stereocenters. The first kappa shape index (κ1) is 53.4. The van der Waals surface area contributed by atoms with Crippen LogP contribution in [0.2, 0.25) is 0 Å². The largest absolute Gasteiger partial charge is 0.462 e. The molecule has 0 rings (SSSR count). The van der Waals surface area contributed by atoms with Gasteiger partial charge in [0.25, 0.3) is 0 Å². The fourth-order valence-electron chi connectivity index (χ4n) is 7.23. The molecule has 0 heterocycles. The quantitative estimate of drug-likeness (QED) is 0.0349. The highest BCUT2D eigenvalue weighted by molar-refractivity contribution is 5.71. The first-order valence-electron chi connectivity index (χ1n) is 24.1. The Hall–Kier alpha value is -1.59. The van der Waals surface area contributed by atoms with Crippen LogP contribution in [0.1, 0.15) is 260 Å². The lowest BCUT2D eigenvalue weighted by Gasteiger charge is -2.18. The zero-order chi connectivity index (χ0) is 40.6. The molecule has 0 aromatic rings. The Bertz CT molecular complexity index is 852. The number of esters is 3. The van der Waals surface area contributed by atoms with Gasteiger partial charge in [-0.15, -0.1) is 0 Å². The summed E-state index contributed by atoms with van der Waals surface area (Å²) in [7, 11) is 0. The van der Waals surface area contributed by atoms with E-state index in [9.17, 15) is 14.4 Å². The number of rotatable bonds is 42. The average molecular weight is 779 g/mol. The van der Waals surface area contributed by atoms with Crippen LogP contribution >= 0.6 is 0 Å². The number of carbonyl (C=O) groups excluding carboxylic acids is 3. The Morgan fingerprint density at radius 1 is 0.309 bits per heavy atom. The van der Waals surface area contributed by atoms with E-state index in [4.69, 9.17) is 14.2 Å². The molecule has 0 aliphatic carbocycles. The summed E-state index contributed by atoms with van der Waals surface area (Å²) in [6.07, 6.45) is 38.2. The van der Waals surface area contributed by atoms with E-state index in [1.165, 1.54) is 141 Å². The number of carbonyl (C=O) groups is 3. The highest BCUT2D eigenvalue weighted by atomic mass is 16.6. The van der Waals surface area contributed by atoms with Gasteiger partial charge in [-0.2, -0.15) is 0 Å². The summed E-state index contributed by atoms with van der Waals surface area (Å²) < 4.78 is 16.7. The third-order valence-corrected chi connectivity index (χ3v) is 10.9. The van der Waals surface area contributed by atoms with Crippen molar-refractivity contribution in [2.45, 2.75) is 266 Å². The van der Waals surface area contributed by atoms with Crippen molar-refractivity contribution < 1.29 is 28.6 Å². The first-order valence-corrected chi connectivity index (χ1v) is 24.1. The second-order valence-electron chi connectivity index (χ2n) is 18.2. The fourth-order valence-corrected chi connectivity index (χ4v) is 7.23. The van der Waals surface area contributed by atoms with Gasteiger partial charge in [-0.3, -0.25) is 14.4 Å². The topological polar surface area (TPSA) is 78.9 Å². The summed E-state index contributed by atoms with van der Waals surface area (Å²) in [4.78, 5) is 37.8. The molecule has 55 heavy (non-hydrogen) atoms. The summed E-state index contributed by atoms with van der Waals surface area (Å²) in [5.74, 6) is 1.55. The van der Waals surface area contributed by atoms with Crippen molar-refractivity contribution in [1.82, 2.24) is 0 Å². The molecule has 6 nitrogen and oxygen atoms in total. The molecule has 0 saturated carbocycles. The van der Waals surface area contributed by atoms with Crippen LogP contribution in [0.25, 0.3) is 0 Å². The maximum Gasteiger partial charge on any atom is 0.306 e. The van der Waals surface area contributed by atoms with E-state index in [1.807, 2.05) is 0 Å². The summed E-state index contributed by atoms with van der Waals surface area (Å²) in [6.45, 7) is 13.6. The van der Waals surface area contributed by atoms with Gasteiger partial charge in [0.2, 0.25) is 0 Å². The predicted octanol–water partition coefficient (Wildman–Crippen LogP) is 15.2. The van der Waals surface area contributed by atoms with Crippen LogP contribution < -0.4 is 0 Å². The van der Waals surface area contributed by atoms with E-state index in [0.717, 1.165) is 75.5 Å². The van der Waals surface area contributed by atoms with E-state index >= 15 is 0 Å². The van der Waals surface area contributed by atoms with Gasteiger partial charge in [0.1, 0.15) is 13.2 Å². The molecule has 0 aliphatic heterocycles. The van der Waals surface area contributed by atoms with Gasteiger partial charge in [0.05, 0.1) is 0 Å². The monoisotopic (exact) mass is 779 g/mol. The molecule has 0 N–H and O–H groups in total. The Morgan fingerprint density at radius 3 is 0.782 bits per heavy atom. The molecule has 0 spiro atoms. The molecular weight excluding hydrogens is 685 g/mol. The summed E-state index contributed by atoms with van der Waals surface area (Å²) >= 11 is 0. The standard InChI is InChI=1S/C49H94O6/c1-43(2)35-29-23-17-13-10-8-7-9-11-15-20-28-34-40-49(52)55-46(42-54-48(51)39-33-27-22-21-25-31-37-45(5)6)41-53-47(50)38-32-26-19-16-12-14-18-24-30-36-44(3)4/h43-46H,7-42H2,1-6H3/t46-/m0/s1. The minimum Gasteiger partial charge on any atom is -0.462 e. The Kier molecular flexibility index (Phi) is 39.4. The number of ether oxygens (including phenoxy) is 3. The second kappa shape index (κ2) is 40.6. The third kappa shape index (κ3) is 43.4. The molecule has 1 atom stereocenters. The molecule has 0 aromatic heterocycles. The molecule has 0 aromatic carbocycles. The van der Waals surface area contributed by atoms with Crippen LogP contribution in [0.15, 0.2) is 0 Å². The van der Waals surface area contributed by atoms with Crippen LogP contribution in [0.5, 0.6) is 0 Å².